The van der Waals surface area contributed by atoms with Crippen molar-refractivity contribution in [3.05, 3.63) is 53.3 Å². The average Bonchev–Trinajstić information content (AvgIpc) is 3.10. The summed E-state index contributed by atoms with van der Waals surface area (Å²) in [6.07, 6.45) is 1.48. The maximum atomic E-state index is 14.0. The van der Waals surface area contributed by atoms with Crippen LogP contribution in [-0.2, 0) is 10.3 Å². The van der Waals surface area contributed by atoms with Crippen LogP contribution in [0.4, 0.5) is 4.39 Å². The van der Waals surface area contributed by atoms with Crippen molar-refractivity contribution >= 4 is 6.02 Å². The minimum Gasteiger partial charge on any atom is -0.490 e. The van der Waals surface area contributed by atoms with E-state index in [1.54, 1.807) is 6.07 Å². The van der Waals surface area contributed by atoms with Crippen LogP contribution in [0.1, 0.15) is 30.4 Å². The number of halogens is 1. The van der Waals surface area contributed by atoms with Crippen molar-refractivity contribution in [3.63, 3.8) is 0 Å². The monoisotopic (exact) mass is 393 g/mol. The molecule has 0 amide bonds. The fraction of sp³-hybridized carbons (Fsp3) is 0.364. The third-order valence-electron chi connectivity index (χ3n) is 6.21. The van der Waals surface area contributed by atoms with Gasteiger partial charge in [-0.2, -0.15) is 5.26 Å². The van der Waals surface area contributed by atoms with Crippen molar-refractivity contribution in [3.8, 4) is 22.9 Å². The molecule has 1 saturated carbocycles. The molecule has 148 valence electrons. The number of nitrogens with zero attached hydrogens (tertiary/aromatic N) is 2. The van der Waals surface area contributed by atoms with E-state index >= 15 is 0 Å². The number of aliphatic imine (C=N–C) groups is 1. The van der Waals surface area contributed by atoms with Crippen LogP contribution in [-0.4, -0.2) is 29.9 Å². The van der Waals surface area contributed by atoms with E-state index in [-0.39, 0.29) is 30.2 Å². The first kappa shape index (κ1) is 18.0. The molecule has 6 nitrogen and oxygen atoms in total. The van der Waals surface area contributed by atoms with E-state index in [0.29, 0.717) is 24.2 Å². The summed E-state index contributed by atoms with van der Waals surface area (Å²) in [7, 11) is 0. The van der Waals surface area contributed by atoms with E-state index in [0.717, 1.165) is 17.5 Å². The second-order valence-electron chi connectivity index (χ2n) is 7.94. The van der Waals surface area contributed by atoms with Gasteiger partial charge in [-0.3, -0.25) is 0 Å². The van der Waals surface area contributed by atoms with Crippen molar-refractivity contribution in [1.29, 1.82) is 5.26 Å². The number of hydrogen-bond acceptors (Lipinski definition) is 6. The lowest BCUT2D eigenvalue weighted by molar-refractivity contribution is -0.0359. The van der Waals surface area contributed by atoms with Crippen LogP contribution in [0.15, 0.2) is 41.4 Å². The predicted octanol–water partition coefficient (Wildman–Crippen LogP) is 2.83. The summed E-state index contributed by atoms with van der Waals surface area (Å²) < 4.78 is 25.8. The SMILES string of the molecule is N#Cc1cc(F)cc(-c2ccc3c(c2)C2(COC(N)=N2)C2CC(O)CCC2O3)c1. The van der Waals surface area contributed by atoms with Gasteiger partial charge >= 0.3 is 0 Å². The van der Waals surface area contributed by atoms with Gasteiger partial charge < -0.3 is 20.3 Å². The summed E-state index contributed by atoms with van der Waals surface area (Å²) in [6.45, 7) is 0.277. The Hall–Kier alpha value is -3.11. The Morgan fingerprint density at radius 1 is 1.21 bits per heavy atom. The van der Waals surface area contributed by atoms with Crippen LogP contribution in [0.25, 0.3) is 11.1 Å². The van der Waals surface area contributed by atoms with E-state index in [2.05, 4.69) is 4.99 Å². The van der Waals surface area contributed by atoms with Gasteiger partial charge in [0.2, 0.25) is 0 Å². The van der Waals surface area contributed by atoms with Gasteiger partial charge in [0.15, 0.2) is 0 Å². The number of hydrogen-bond donors (Lipinski definition) is 2. The van der Waals surface area contributed by atoms with Crippen LogP contribution < -0.4 is 10.5 Å². The standard InChI is InChI=1S/C22H20FN3O3/c23-15-6-12(10-24)5-14(7-15)13-1-3-19-17(8-13)22(11-28-21(25)26-22)18-9-16(27)2-4-20(18)29-19/h1,3,5-8,16,18,20,27H,2,4,9,11H2,(H2,25,26). The van der Waals surface area contributed by atoms with Crippen LogP contribution in [0.2, 0.25) is 0 Å². The van der Waals surface area contributed by atoms with Gasteiger partial charge in [-0.25, -0.2) is 9.38 Å². The van der Waals surface area contributed by atoms with Gasteiger partial charge in [0.05, 0.1) is 17.7 Å². The molecule has 0 radical (unpaired) electrons. The van der Waals surface area contributed by atoms with Crippen molar-refractivity contribution in [2.45, 2.75) is 37.0 Å². The fourth-order valence-corrected chi connectivity index (χ4v) is 4.87. The molecule has 4 atom stereocenters. The maximum absolute atomic E-state index is 14.0. The molecule has 3 aliphatic rings. The zero-order valence-electron chi connectivity index (χ0n) is 15.6. The molecule has 4 unspecified atom stereocenters. The van der Waals surface area contributed by atoms with Crippen LogP contribution in [0.5, 0.6) is 5.75 Å². The van der Waals surface area contributed by atoms with E-state index in [4.69, 9.17) is 20.5 Å². The minimum absolute atomic E-state index is 0.0720. The number of amidine groups is 1. The molecule has 0 aromatic heterocycles. The summed E-state index contributed by atoms with van der Waals surface area (Å²) in [4.78, 5) is 4.68. The van der Waals surface area contributed by atoms with Crippen LogP contribution >= 0.6 is 0 Å². The quantitative estimate of drug-likeness (QED) is 0.776. The number of nitrogens with two attached hydrogens (primary N) is 1. The molecule has 2 aromatic carbocycles. The number of aliphatic hydroxyl groups excluding tert-OH is 1. The highest BCUT2D eigenvalue weighted by molar-refractivity contribution is 5.75. The highest BCUT2D eigenvalue weighted by atomic mass is 19.1. The van der Waals surface area contributed by atoms with Gasteiger partial charge in [-0.15, -0.1) is 0 Å². The number of rotatable bonds is 1. The third kappa shape index (κ3) is 2.83. The number of ether oxygens (including phenoxy) is 2. The van der Waals surface area contributed by atoms with Gasteiger partial charge in [0.1, 0.15) is 29.8 Å². The van der Waals surface area contributed by atoms with Gasteiger partial charge in [-0.1, -0.05) is 6.07 Å². The second-order valence-corrected chi connectivity index (χ2v) is 7.94. The molecule has 7 heteroatoms. The fourth-order valence-electron chi connectivity index (χ4n) is 4.87. The highest BCUT2D eigenvalue weighted by Gasteiger charge is 2.55. The second kappa shape index (κ2) is 6.46. The molecule has 0 saturated heterocycles. The molecule has 2 heterocycles. The Kier molecular flexibility index (Phi) is 4.00. The molecule has 1 fully saturated rings. The van der Waals surface area contributed by atoms with E-state index < -0.39 is 17.5 Å². The molecule has 2 aliphatic heterocycles. The number of aliphatic hydroxyl groups is 1. The smallest absolute Gasteiger partial charge is 0.283 e. The van der Waals surface area contributed by atoms with Crippen LogP contribution in [0.3, 0.4) is 0 Å². The maximum Gasteiger partial charge on any atom is 0.283 e. The summed E-state index contributed by atoms with van der Waals surface area (Å²) in [6, 6.07) is 12.0. The normalized spacial score (nSPS) is 29.8. The largest absolute Gasteiger partial charge is 0.490 e. The zero-order valence-corrected chi connectivity index (χ0v) is 15.6. The lowest BCUT2D eigenvalue weighted by Gasteiger charge is -2.47. The highest BCUT2D eigenvalue weighted by Crippen LogP contribution is 2.53. The number of benzene rings is 2. The molecular weight excluding hydrogens is 373 g/mol. The summed E-state index contributed by atoms with van der Waals surface area (Å²) >= 11 is 0. The van der Waals surface area contributed by atoms with Gasteiger partial charge in [-0.05, 0) is 60.7 Å². The summed E-state index contributed by atoms with van der Waals surface area (Å²) in [5, 5.41) is 19.4. The van der Waals surface area contributed by atoms with Crippen molar-refractivity contribution < 1.29 is 19.0 Å². The first-order chi connectivity index (χ1) is 14.0. The van der Waals surface area contributed by atoms with E-state index in [1.807, 2.05) is 24.3 Å². The zero-order chi connectivity index (χ0) is 20.2. The summed E-state index contributed by atoms with van der Waals surface area (Å²) in [5.74, 6) is 0.159. The predicted molar refractivity (Wildman–Crippen MR) is 104 cm³/mol. The van der Waals surface area contributed by atoms with Gasteiger partial charge in [0, 0.05) is 11.5 Å². The molecule has 2 aromatic rings. The molecular formula is C22H20FN3O3. The Morgan fingerprint density at radius 2 is 2.07 bits per heavy atom. The van der Waals surface area contributed by atoms with E-state index in [1.165, 1.54) is 12.1 Å². The third-order valence-corrected chi connectivity index (χ3v) is 6.21. The van der Waals surface area contributed by atoms with E-state index in [9.17, 15) is 9.50 Å². The molecule has 0 bridgehead atoms. The van der Waals surface area contributed by atoms with Crippen molar-refractivity contribution in [2.24, 2.45) is 16.6 Å². The van der Waals surface area contributed by atoms with Crippen molar-refractivity contribution in [1.82, 2.24) is 0 Å². The number of nitriles is 1. The lowest BCUT2D eigenvalue weighted by atomic mass is 9.67. The summed E-state index contributed by atoms with van der Waals surface area (Å²) in [5.41, 5.74) is 7.57. The Labute approximate surface area is 167 Å². The lowest BCUT2D eigenvalue weighted by Crippen LogP contribution is -2.51. The Morgan fingerprint density at radius 3 is 2.83 bits per heavy atom. The Balaban J connectivity index is 1.66. The van der Waals surface area contributed by atoms with Crippen molar-refractivity contribution in [2.75, 3.05) is 6.61 Å². The number of fused-ring (bicyclic) bond motifs is 4. The average molecular weight is 393 g/mol. The first-order valence-electron chi connectivity index (χ1n) is 9.67. The molecule has 5 rings (SSSR count). The van der Waals surface area contributed by atoms with Gasteiger partial charge in [0.25, 0.3) is 6.02 Å². The first-order valence-corrected chi connectivity index (χ1v) is 9.67. The Bertz CT molecular complexity index is 1060. The topological polar surface area (TPSA) is 101 Å². The molecule has 1 spiro atoms. The molecule has 3 N–H and O–H groups in total. The molecule has 1 aliphatic carbocycles. The molecule has 29 heavy (non-hydrogen) atoms. The minimum atomic E-state index is -0.745. The van der Waals surface area contributed by atoms with Crippen LogP contribution in [0, 0.1) is 23.1 Å².